The number of benzene rings is 2. The predicted molar refractivity (Wildman–Crippen MR) is 103 cm³/mol. The first-order valence-electron chi connectivity index (χ1n) is 8.24. The van der Waals surface area contributed by atoms with E-state index in [0.29, 0.717) is 41.3 Å². The fourth-order valence-corrected chi connectivity index (χ4v) is 2.44. The molecule has 0 bridgehead atoms. The molecule has 2 aromatic rings. The minimum absolute atomic E-state index is 0.0736. The summed E-state index contributed by atoms with van der Waals surface area (Å²) >= 11 is 0. The molecule has 0 heterocycles. The Bertz CT molecular complexity index is 800. The average Bonchev–Trinajstić information content (AvgIpc) is 2.64. The topological polar surface area (TPSA) is 97.3 Å². The van der Waals surface area contributed by atoms with Crippen molar-refractivity contribution in [2.24, 2.45) is 10.7 Å². The van der Waals surface area contributed by atoms with Gasteiger partial charge in [0, 0.05) is 29.6 Å². The van der Waals surface area contributed by atoms with E-state index in [1.165, 1.54) is 14.2 Å². The van der Waals surface area contributed by atoms with Gasteiger partial charge in [-0.3, -0.25) is 4.99 Å². The summed E-state index contributed by atoms with van der Waals surface area (Å²) in [5, 5.41) is 20.0. The molecule has 0 amide bonds. The Labute approximate surface area is 153 Å². The zero-order valence-corrected chi connectivity index (χ0v) is 15.0. The number of aromatic hydroxyl groups is 2. The van der Waals surface area contributed by atoms with E-state index in [1.54, 1.807) is 48.7 Å². The molecule has 0 aliphatic rings. The number of allylic oxidation sites excluding steroid dienone is 1. The number of methoxy groups -OCH3 is 2. The third-order valence-electron chi connectivity index (χ3n) is 3.82. The first-order valence-corrected chi connectivity index (χ1v) is 8.24. The summed E-state index contributed by atoms with van der Waals surface area (Å²) < 4.78 is 10.1. The van der Waals surface area contributed by atoms with Crippen LogP contribution in [-0.4, -0.2) is 37.2 Å². The lowest BCUT2D eigenvalue weighted by atomic mass is 10.1. The van der Waals surface area contributed by atoms with Crippen LogP contribution in [0.3, 0.4) is 0 Å². The van der Waals surface area contributed by atoms with Crippen molar-refractivity contribution in [2.75, 3.05) is 20.8 Å². The fourth-order valence-electron chi connectivity index (χ4n) is 2.44. The van der Waals surface area contributed by atoms with Crippen molar-refractivity contribution in [1.82, 2.24) is 0 Å². The minimum atomic E-state index is 0.0736. The second kappa shape index (κ2) is 9.36. The van der Waals surface area contributed by atoms with Gasteiger partial charge in [0.1, 0.15) is 0 Å². The molecule has 0 radical (unpaired) electrons. The second-order valence-corrected chi connectivity index (χ2v) is 5.65. The molecule has 0 spiro atoms. The summed E-state index contributed by atoms with van der Waals surface area (Å²) in [6, 6.07) is 10.5. The monoisotopic (exact) mass is 356 g/mol. The van der Waals surface area contributed by atoms with Gasteiger partial charge in [-0.2, -0.15) is 0 Å². The van der Waals surface area contributed by atoms with Crippen LogP contribution < -0.4 is 15.2 Å². The van der Waals surface area contributed by atoms with Gasteiger partial charge in [0.25, 0.3) is 0 Å². The van der Waals surface area contributed by atoms with E-state index >= 15 is 0 Å². The molecule has 0 aromatic heterocycles. The standard InChI is InChI=1S/C20H24N2O4/c1-25-17-9-3-6-14(19(17)23)12-16(21)8-5-11-22-13-15-7-4-10-18(26-2)20(15)24/h3-4,6-7,9-10,12-13,23-24H,5,8,11,21H2,1-2H3. The van der Waals surface area contributed by atoms with Gasteiger partial charge < -0.3 is 25.4 Å². The third kappa shape index (κ3) is 4.92. The van der Waals surface area contributed by atoms with Crippen molar-refractivity contribution < 1.29 is 19.7 Å². The van der Waals surface area contributed by atoms with Crippen LogP contribution in [0.5, 0.6) is 23.0 Å². The Hall–Kier alpha value is -3.15. The lowest BCUT2D eigenvalue weighted by Crippen LogP contribution is -1.98. The molecule has 2 rings (SSSR count). The van der Waals surface area contributed by atoms with Gasteiger partial charge in [-0.1, -0.05) is 18.2 Å². The Morgan fingerprint density at radius 2 is 1.58 bits per heavy atom. The number of nitrogens with zero attached hydrogens (tertiary/aromatic N) is 1. The molecule has 0 fully saturated rings. The van der Waals surface area contributed by atoms with E-state index in [9.17, 15) is 10.2 Å². The number of hydrogen-bond donors (Lipinski definition) is 3. The van der Waals surface area contributed by atoms with Crippen LogP contribution in [0.25, 0.3) is 6.08 Å². The van der Waals surface area contributed by atoms with Gasteiger partial charge in [0.15, 0.2) is 23.0 Å². The minimum Gasteiger partial charge on any atom is -0.504 e. The smallest absolute Gasteiger partial charge is 0.166 e. The highest BCUT2D eigenvalue weighted by Gasteiger charge is 2.06. The first-order chi connectivity index (χ1) is 12.6. The van der Waals surface area contributed by atoms with Crippen molar-refractivity contribution in [2.45, 2.75) is 12.8 Å². The van der Waals surface area contributed by atoms with Crippen molar-refractivity contribution in [1.29, 1.82) is 0 Å². The Balaban J connectivity index is 1.90. The normalized spacial score (nSPS) is 11.7. The highest BCUT2D eigenvalue weighted by Crippen LogP contribution is 2.31. The Morgan fingerprint density at radius 3 is 2.19 bits per heavy atom. The number of aliphatic imine (C=N–C) groups is 1. The summed E-state index contributed by atoms with van der Waals surface area (Å²) in [6.45, 7) is 0.565. The number of para-hydroxylation sites is 2. The number of phenols is 2. The van der Waals surface area contributed by atoms with E-state index in [1.807, 2.05) is 0 Å². The zero-order valence-electron chi connectivity index (χ0n) is 15.0. The molecule has 26 heavy (non-hydrogen) atoms. The van der Waals surface area contributed by atoms with Gasteiger partial charge >= 0.3 is 0 Å². The van der Waals surface area contributed by atoms with Crippen molar-refractivity contribution in [3.05, 3.63) is 53.2 Å². The van der Waals surface area contributed by atoms with Crippen LogP contribution in [0.15, 0.2) is 47.1 Å². The first kappa shape index (κ1) is 19.2. The molecular weight excluding hydrogens is 332 g/mol. The summed E-state index contributed by atoms with van der Waals surface area (Å²) in [5.41, 5.74) is 7.89. The van der Waals surface area contributed by atoms with Gasteiger partial charge in [-0.15, -0.1) is 0 Å². The van der Waals surface area contributed by atoms with Crippen molar-refractivity contribution in [3.8, 4) is 23.0 Å². The van der Waals surface area contributed by atoms with Gasteiger partial charge in [0.05, 0.1) is 14.2 Å². The van der Waals surface area contributed by atoms with Crippen LogP contribution in [0.1, 0.15) is 24.0 Å². The van der Waals surface area contributed by atoms with E-state index in [0.717, 1.165) is 6.42 Å². The Morgan fingerprint density at radius 1 is 1.00 bits per heavy atom. The molecule has 0 aliphatic carbocycles. The molecule has 0 saturated carbocycles. The summed E-state index contributed by atoms with van der Waals surface area (Å²) in [4.78, 5) is 4.31. The third-order valence-corrected chi connectivity index (χ3v) is 3.82. The highest BCUT2D eigenvalue weighted by atomic mass is 16.5. The predicted octanol–water partition coefficient (Wildman–Crippen LogP) is 3.31. The maximum absolute atomic E-state index is 10.1. The number of ether oxygens (including phenoxy) is 2. The quantitative estimate of drug-likeness (QED) is 0.498. The molecule has 0 atom stereocenters. The van der Waals surface area contributed by atoms with Crippen LogP contribution in [0.4, 0.5) is 0 Å². The average molecular weight is 356 g/mol. The summed E-state index contributed by atoms with van der Waals surface area (Å²) in [7, 11) is 3.01. The number of phenolic OH excluding ortho intramolecular Hbond substituents is 2. The maximum Gasteiger partial charge on any atom is 0.166 e. The van der Waals surface area contributed by atoms with E-state index in [4.69, 9.17) is 15.2 Å². The molecule has 4 N–H and O–H groups in total. The van der Waals surface area contributed by atoms with Crippen molar-refractivity contribution >= 4 is 12.3 Å². The van der Waals surface area contributed by atoms with E-state index in [2.05, 4.69) is 4.99 Å². The Kier molecular flexibility index (Phi) is 6.91. The highest BCUT2D eigenvalue weighted by molar-refractivity contribution is 5.84. The van der Waals surface area contributed by atoms with E-state index in [-0.39, 0.29) is 11.5 Å². The molecular formula is C20H24N2O4. The number of hydrogen-bond acceptors (Lipinski definition) is 6. The molecule has 0 saturated heterocycles. The van der Waals surface area contributed by atoms with Crippen LogP contribution in [0, 0.1) is 0 Å². The number of nitrogens with two attached hydrogens (primary N) is 1. The van der Waals surface area contributed by atoms with Crippen LogP contribution >= 0.6 is 0 Å². The van der Waals surface area contributed by atoms with Gasteiger partial charge in [0.2, 0.25) is 0 Å². The molecule has 6 heteroatoms. The second-order valence-electron chi connectivity index (χ2n) is 5.65. The molecule has 138 valence electrons. The SMILES string of the molecule is COc1cccc(C=NCCCC(N)=Cc2cccc(OC)c2O)c1O. The largest absolute Gasteiger partial charge is 0.504 e. The zero-order chi connectivity index (χ0) is 18.9. The molecule has 2 aromatic carbocycles. The maximum atomic E-state index is 10.1. The lowest BCUT2D eigenvalue weighted by molar-refractivity contribution is 0.373. The van der Waals surface area contributed by atoms with Gasteiger partial charge in [-0.25, -0.2) is 0 Å². The lowest BCUT2D eigenvalue weighted by Gasteiger charge is -2.07. The summed E-state index contributed by atoms with van der Waals surface area (Å²) in [5.74, 6) is 0.976. The summed E-state index contributed by atoms with van der Waals surface area (Å²) in [6.07, 6.45) is 4.73. The molecule has 0 unspecified atom stereocenters. The molecule has 0 aliphatic heterocycles. The van der Waals surface area contributed by atoms with E-state index < -0.39 is 0 Å². The molecule has 6 nitrogen and oxygen atoms in total. The van der Waals surface area contributed by atoms with Gasteiger partial charge in [-0.05, 0) is 37.1 Å². The number of rotatable bonds is 8. The van der Waals surface area contributed by atoms with Crippen molar-refractivity contribution in [3.63, 3.8) is 0 Å². The fraction of sp³-hybridized carbons (Fsp3) is 0.250. The van der Waals surface area contributed by atoms with Crippen LogP contribution in [0.2, 0.25) is 0 Å². The van der Waals surface area contributed by atoms with Crippen LogP contribution in [-0.2, 0) is 0 Å².